The molecule has 0 aromatic carbocycles. The summed E-state index contributed by atoms with van der Waals surface area (Å²) in [5.41, 5.74) is 0. The largest absolute Gasteiger partial charge is 0.379 e. The Morgan fingerprint density at radius 3 is 2.58 bits per heavy atom. The zero-order chi connectivity index (χ0) is 18.5. The van der Waals surface area contributed by atoms with E-state index < -0.39 is 0 Å². The summed E-state index contributed by atoms with van der Waals surface area (Å²) in [4.78, 5) is 6.90. The van der Waals surface area contributed by atoms with Gasteiger partial charge in [-0.05, 0) is 70.5 Å². The number of nitrogens with zero attached hydrogens (tertiary/aromatic N) is 2. The van der Waals surface area contributed by atoms with Gasteiger partial charge in [-0.1, -0.05) is 6.92 Å². The third kappa shape index (κ3) is 9.19. The fourth-order valence-electron chi connectivity index (χ4n) is 3.55. The van der Waals surface area contributed by atoms with E-state index in [1.165, 1.54) is 51.7 Å². The standard InChI is InChI=1S/C20H40N4O2/c1-18-8-13-24(14-9-18)12-4-3-10-22-20(21-2)23-11-6-15-25-17-19-7-5-16-26-19/h18-19H,3-17H2,1-2H3,(H2,21,22,23). The van der Waals surface area contributed by atoms with Crippen LogP contribution in [0.15, 0.2) is 4.99 Å². The quantitative estimate of drug-likeness (QED) is 0.333. The lowest BCUT2D eigenvalue weighted by Crippen LogP contribution is -2.39. The summed E-state index contributed by atoms with van der Waals surface area (Å²) < 4.78 is 11.2. The number of likely N-dealkylation sites (tertiary alicyclic amines) is 1. The van der Waals surface area contributed by atoms with Crippen LogP contribution in [0.2, 0.25) is 0 Å². The van der Waals surface area contributed by atoms with Gasteiger partial charge in [0.1, 0.15) is 0 Å². The molecule has 26 heavy (non-hydrogen) atoms. The van der Waals surface area contributed by atoms with Crippen molar-refractivity contribution in [2.45, 2.75) is 58.0 Å². The Hall–Kier alpha value is -0.850. The zero-order valence-electron chi connectivity index (χ0n) is 17.0. The number of guanidine groups is 1. The Labute approximate surface area is 160 Å². The van der Waals surface area contributed by atoms with Crippen LogP contribution in [0.3, 0.4) is 0 Å². The van der Waals surface area contributed by atoms with Gasteiger partial charge < -0.3 is 25.0 Å². The molecule has 0 aromatic rings. The second-order valence-corrected chi connectivity index (χ2v) is 7.72. The number of nitrogens with one attached hydrogen (secondary N) is 2. The summed E-state index contributed by atoms with van der Waals surface area (Å²) in [5, 5.41) is 6.77. The highest BCUT2D eigenvalue weighted by atomic mass is 16.5. The summed E-state index contributed by atoms with van der Waals surface area (Å²) in [5.74, 6) is 1.82. The Balaban J connectivity index is 1.39. The SMILES string of the molecule is CN=C(NCCCCN1CCC(C)CC1)NCCCOCC1CCCO1. The van der Waals surface area contributed by atoms with Crippen molar-refractivity contribution in [1.82, 2.24) is 15.5 Å². The normalized spacial score (nSPS) is 22.7. The van der Waals surface area contributed by atoms with Gasteiger partial charge in [-0.25, -0.2) is 0 Å². The minimum atomic E-state index is 0.325. The first-order valence-electron chi connectivity index (χ1n) is 10.6. The molecule has 0 radical (unpaired) electrons. The van der Waals surface area contributed by atoms with E-state index in [0.717, 1.165) is 57.6 Å². The molecular formula is C20H40N4O2. The van der Waals surface area contributed by atoms with Crippen LogP contribution in [-0.2, 0) is 9.47 Å². The number of piperidine rings is 1. The molecule has 0 spiro atoms. The van der Waals surface area contributed by atoms with Gasteiger partial charge in [-0.3, -0.25) is 4.99 Å². The molecule has 1 atom stereocenters. The van der Waals surface area contributed by atoms with Crippen molar-refractivity contribution in [2.24, 2.45) is 10.9 Å². The van der Waals surface area contributed by atoms with E-state index in [9.17, 15) is 0 Å². The topological polar surface area (TPSA) is 58.1 Å². The molecular weight excluding hydrogens is 328 g/mol. The van der Waals surface area contributed by atoms with Crippen LogP contribution < -0.4 is 10.6 Å². The molecule has 2 saturated heterocycles. The molecule has 2 N–H and O–H groups in total. The van der Waals surface area contributed by atoms with Crippen molar-refractivity contribution >= 4 is 5.96 Å². The van der Waals surface area contributed by atoms with Gasteiger partial charge in [-0.2, -0.15) is 0 Å². The molecule has 2 rings (SSSR count). The lowest BCUT2D eigenvalue weighted by molar-refractivity contribution is 0.0168. The average Bonchev–Trinajstić information content (AvgIpc) is 3.17. The van der Waals surface area contributed by atoms with Crippen LogP contribution >= 0.6 is 0 Å². The summed E-state index contributed by atoms with van der Waals surface area (Å²) in [6.45, 7) is 10.5. The Morgan fingerprint density at radius 2 is 1.88 bits per heavy atom. The van der Waals surface area contributed by atoms with Crippen molar-refractivity contribution < 1.29 is 9.47 Å². The fraction of sp³-hybridized carbons (Fsp3) is 0.950. The molecule has 6 nitrogen and oxygen atoms in total. The van der Waals surface area contributed by atoms with Crippen molar-refractivity contribution in [2.75, 3.05) is 59.6 Å². The molecule has 0 aliphatic carbocycles. The highest BCUT2D eigenvalue weighted by Crippen LogP contribution is 2.16. The first-order valence-corrected chi connectivity index (χ1v) is 10.6. The Kier molecular flexibility index (Phi) is 11.0. The van der Waals surface area contributed by atoms with Crippen molar-refractivity contribution in [3.05, 3.63) is 0 Å². The number of unbranched alkanes of at least 4 members (excludes halogenated alkanes) is 1. The third-order valence-electron chi connectivity index (χ3n) is 5.38. The lowest BCUT2D eigenvalue weighted by Gasteiger charge is -2.30. The summed E-state index contributed by atoms with van der Waals surface area (Å²) in [6, 6.07) is 0. The lowest BCUT2D eigenvalue weighted by atomic mass is 9.99. The van der Waals surface area contributed by atoms with Gasteiger partial charge in [0.2, 0.25) is 0 Å². The van der Waals surface area contributed by atoms with Gasteiger partial charge in [0, 0.05) is 33.4 Å². The fourth-order valence-corrected chi connectivity index (χ4v) is 3.55. The Bertz CT molecular complexity index is 378. The molecule has 2 fully saturated rings. The number of hydrogen-bond donors (Lipinski definition) is 2. The van der Waals surface area contributed by atoms with E-state index >= 15 is 0 Å². The molecule has 0 aromatic heterocycles. The Morgan fingerprint density at radius 1 is 1.12 bits per heavy atom. The minimum absolute atomic E-state index is 0.325. The highest BCUT2D eigenvalue weighted by Gasteiger charge is 2.15. The third-order valence-corrected chi connectivity index (χ3v) is 5.38. The summed E-state index contributed by atoms with van der Waals surface area (Å²) in [7, 11) is 1.83. The minimum Gasteiger partial charge on any atom is -0.379 e. The maximum Gasteiger partial charge on any atom is 0.190 e. The second-order valence-electron chi connectivity index (χ2n) is 7.72. The van der Waals surface area contributed by atoms with E-state index in [-0.39, 0.29) is 0 Å². The van der Waals surface area contributed by atoms with Gasteiger partial charge in [-0.15, -0.1) is 0 Å². The van der Waals surface area contributed by atoms with Gasteiger partial charge in [0.25, 0.3) is 0 Å². The van der Waals surface area contributed by atoms with E-state index in [1.54, 1.807) is 0 Å². The van der Waals surface area contributed by atoms with Gasteiger partial charge in [0.05, 0.1) is 12.7 Å². The molecule has 2 aliphatic rings. The average molecular weight is 369 g/mol. The van der Waals surface area contributed by atoms with Gasteiger partial charge in [0.15, 0.2) is 5.96 Å². The van der Waals surface area contributed by atoms with Crippen LogP contribution in [0.1, 0.15) is 51.9 Å². The molecule has 0 amide bonds. The van der Waals surface area contributed by atoms with Crippen LogP contribution in [0.25, 0.3) is 0 Å². The molecule has 152 valence electrons. The smallest absolute Gasteiger partial charge is 0.190 e. The maximum absolute atomic E-state index is 5.68. The van der Waals surface area contributed by atoms with Crippen molar-refractivity contribution in [3.63, 3.8) is 0 Å². The molecule has 2 aliphatic heterocycles. The van der Waals surface area contributed by atoms with E-state index in [4.69, 9.17) is 9.47 Å². The first-order chi connectivity index (χ1) is 12.8. The van der Waals surface area contributed by atoms with E-state index in [0.29, 0.717) is 6.10 Å². The maximum atomic E-state index is 5.68. The van der Waals surface area contributed by atoms with Crippen LogP contribution in [0.4, 0.5) is 0 Å². The highest BCUT2D eigenvalue weighted by molar-refractivity contribution is 5.79. The summed E-state index contributed by atoms with van der Waals surface area (Å²) >= 11 is 0. The van der Waals surface area contributed by atoms with Crippen molar-refractivity contribution in [3.8, 4) is 0 Å². The van der Waals surface area contributed by atoms with Gasteiger partial charge >= 0.3 is 0 Å². The molecule has 0 bridgehead atoms. The second kappa shape index (κ2) is 13.3. The molecule has 1 unspecified atom stereocenters. The van der Waals surface area contributed by atoms with Crippen LogP contribution in [0.5, 0.6) is 0 Å². The number of aliphatic imine (C=N–C) groups is 1. The first kappa shape index (κ1) is 21.5. The van der Waals surface area contributed by atoms with Crippen LogP contribution in [-0.4, -0.2) is 76.6 Å². The molecule has 2 heterocycles. The predicted molar refractivity (Wildman–Crippen MR) is 108 cm³/mol. The number of ether oxygens (including phenoxy) is 2. The zero-order valence-corrected chi connectivity index (χ0v) is 17.0. The molecule has 0 saturated carbocycles. The number of hydrogen-bond acceptors (Lipinski definition) is 4. The summed E-state index contributed by atoms with van der Waals surface area (Å²) in [6.07, 6.45) is 8.82. The van der Waals surface area contributed by atoms with E-state index in [2.05, 4.69) is 27.4 Å². The predicted octanol–water partition coefficient (Wildman–Crippen LogP) is 2.25. The van der Waals surface area contributed by atoms with Crippen LogP contribution in [0, 0.1) is 5.92 Å². The monoisotopic (exact) mass is 368 g/mol. The molecule has 6 heteroatoms. The van der Waals surface area contributed by atoms with E-state index in [1.807, 2.05) is 7.05 Å². The van der Waals surface area contributed by atoms with Crippen molar-refractivity contribution in [1.29, 1.82) is 0 Å². The number of rotatable bonds is 11.